The van der Waals surface area contributed by atoms with E-state index in [0.717, 1.165) is 27.8 Å². The molecular weight excluding hydrogens is 417 g/mol. The van der Waals surface area contributed by atoms with Crippen LogP contribution in [0.4, 0.5) is 4.39 Å². The zero-order chi connectivity index (χ0) is 21.5. The van der Waals surface area contributed by atoms with Gasteiger partial charge in [0, 0.05) is 36.2 Å². The number of hydrogen-bond donors (Lipinski definition) is 2. The number of pyridine rings is 1. The number of likely N-dealkylation sites (tertiary alicyclic amines) is 1. The highest BCUT2D eigenvalue weighted by molar-refractivity contribution is 7.20. The molecule has 7 nitrogen and oxygen atoms in total. The second-order valence-corrected chi connectivity index (χ2v) is 8.47. The Morgan fingerprint density at radius 2 is 2.03 bits per heavy atom. The number of amides is 2. The summed E-state index contributed by atoms with van der Waals surface area (Å²) in [7, 11) is 0. The van der Waals surface area contributed by atoms with Gasteiger partial charge in [-0.15, -0.1) is 11.3 Å². The number of hydrogen-bond acceptors (Lipinski definition) is 5. The fourth-order valence-corrected chi connectivity index (χ4v) is 5.17. The average molecular weight is 435 g/mol. The highest BCUT2D eigenvalue weighted by Crippen LogP contribution is 2.39. The number of H-pyrrole nitrogens is 1. The summed E-state index contributed by atoms with van der Waals surface area (Å²) < 4.78 is 13.1. The van der Waals surface area contributed by atoms with Crippen LogP contribution in [0.5, 0.6) is 0 Å². The molecule has 4 aromatic rings. The van der Waals surface area contributed by atoms with Crippen molar-refractivity contribution < 1.29 is 14.0 Å². The molecule has 1 aliphatic rings. The van der Waals surface area contributed by atoms with Gasteiger partial charge in [0.05, 0.1) is 10.6 Å². The zero-order valence-corrected chi connectivity index (χ0v) is 17.2. The van der Waals surface area contributed by atoms with Crippen molar-refractivity contribution in [3.63, 3.8) is 0 Å². The number of halogens is 1. The van der Waals surface area contributed by atoms with Crippen LogP contribution in [-0.2, 0) is 0 Å². The lowest BCUT2D eigenvalue weighted by molar-refractivity contribution is 0.0785. The van der Waals surface area contributed by atoms with Crippen LogP contribution in [0.25, 0.3) is 21.5 Å². The largest absolute Gasteiger partial charge is 0.365 e. The Morgan fingerprint density at radius 3 is 2.81 bits per heavy atom. The van der Waals surface area contributed by atoms with E-state index < -0.39 is 5.91 Å². The molecule has 1 fully saturated rings. The SMILES string of the molecule is NC(=O)c1sc2ncccc2c1[C@@H]1CCN(C(=O)c2cc(-c3ccc(F)cc3)n[nH]2)C1. The summed E-state index contributed by atoms with van der Waals surface area (Å²) in [6.45, 7) is 1.04. The molecule has 156 valence electrons. The number of primary amides is 1. The maximum absolute atomic E-state index is 13.1. The normalized spacial score (nSPS) is 16.2. The topological polar surface area (TPSA) is 105 Å². The molecule has 3 aromatic heterocycles. The van der Waals surface area contributed by atoms with Gasteiger partial charge in [-0.2, -0.15) is 5.10 Å². The summed E-state index contributed by atoms with van der Waals surface area (Å²) in [6, 6.07) is 11.4. The molecule has 5 rings (SSSR count). The van der Waals surface area contributed by atoms with Crippen LogP contribution in [0, 0.1) is 5.82 Å². The van der Waals surface area contributed by atoms with Gasteiger partial charge in [-0.05, 0) is 48.4 Å². The quantitative estimate of drug-likeness (QED) is 0.511. The van der Waals surface area contributed by atoms with Crippen LogP contribution in [0.15, 0.2) is 48.7 Å². The molecular formula is C22H18FN5O2S. The molecule has 4 heterocycles. The Hall–Kier alpha value is -3.59. The number of nitrogens with zero attached hydrogens (tertiary/aromatic N) is 3. The van der Waals surface area contributed by atoms with E-state index in [4.69, 9.17) is 5.73 Å². The first-order valence-corrected chi connectivity index (χ1v) is 10.6. The number of aromatic nitrogens is 3. The molecule has 1 saturated heterocycles. The Morgan fingerprint density at radius 1 is 1.23 bits per heavy atom. The standard InChI is InChI=1S/C22H18FN5O2S/c23-14-5-3-12(4-6-14)16-10-17(27-26-16)22(30)28-9-7-13(11-28)18-15-2-1-8-25-21(15)31-19(18)20(24)29/h1-6,8,10,13H,7,9,11H2,(H2,24,29)(H,26,27)/t13-/m1/s1. The van der Waals surface area contributed by atoms with Crippen molar-refractivity contribution in [3.05, 3.63) is 70.6 Å². The van der Waals surface area contributed by atoms with Gasteiger partial charge in [0.2, 0.25) is 0 Å². The molecule has 0 spiro atoms. The van der Waals surface area contributed by atoms with Crippen LogP contribution in [0.2, 0.25) is 0 Å². The van der Waals surface area contributed by atoms with Crippen molar-refractivity contribution in [1.29, 1.82) is 0 Å². The molecule has 9 heteroatoms. The number of carbonyl (C=O) groups excluding carboxylic acids is 2. The lowest BCUT2D eigenvalue weighted by Crippen LogP contribution is -2.29. The minimum atomic E-state index is -0.472. The number of rotatable bonds is 4. The van der Waals surface area contributed by atoms with Crippen LogP contribution >= 0.6 is 11.3 Å². The fourth-order valence-electron chi connectivity index (χ4n) is 4.09. The third-order valence-electron chi connectivity index (χ3n) is 5.56. The molecule has 1 atom stereocenters. The van der Waals surface area contributed by atoms with Gasteiger partial charge in [0.15, 0.2) is 0 Å². The van der Waals surface area contributed by atoms with Crippen molar-refractivity contribution in [1.82, 2.24) is 20.1 Å². The molecule has 3 N–H and O–H groups in total. The highest BCUT2D eigenvalue weighted by Gasteiger charge is 2.33. The molecule has 0 radical (unpaired) electrons. The van der Waals surface area contributed by atoms with E-state index in [1.165, 1.54) is 23.5 Å². The van der Waals surface area contributed by atoms with Crippen molar-refractivity contribution >= 4 is 33.4 Å². The van der Waals surface area contributed by atoms with Gasteiger partial charge in [-0.25, -0.2) is 9.37 Å². The van der Waals surface area contributed by atoms with Crippen molar-refractivity contribution in [2.45, 2.75) is 12.3 Å². The van der Waals surface area contributed by atoms with Gasteiger partial charge >= 0.3 is 0 Å². The van der Waals surface area contributed by atoms with Crippen LogP contribution in [0.3, 0.4) is 0 Å². The number of nitrogens with one attached hydrogen (secondary N) is 1. The van der Waals surface area contributed by atoms with Crippen LogP contribution in [0.1, 0.15) is 38.1 Å². The zero-order valence-electron chi connectivity index (χ0n) is 16.3. The second kappa shape index (κ2) is 7.59. The number of carbonyl (C=O) groups is 2. The Labute approximate surface area is 180 Å². The molecule has 31 heavy (non-hydrogen) atoms. The van der Waals surface area contributed by atoms with Gasteiger partial charge in [-0.3, -0.25) is 14.7 Å². The Kier molecular flexibility index (Phi) is 4.74. The lowest BCUT2D eigenvalue weighted by Gasteiger charge is -2.16. The predicted molar refractivity (Wildman–Crippen MR) is 115 cm³/mol. The predicted octanol–water partition coefficient (Wildman–Crippen LogP) is 3.55. The number of thiophene rings is 1. The molecule has 0 unspecified atom stereocenters. The smallest absolute Gasteiger partial charge is 0.271 e. The maximum atomic E-state index is 13.1. The van der Waals surface area contributed by atoms with Gasteiger partial charge in [0.25, 0.3) is 11.8 Å². The number of nitrogens with two attached hydrogens (primary N) is 1. The van der Waals surface area contributed by atoms with Crippen molar-refractivity contribution in [3.8, 4) is 11.3 Å². The summed E-state index contributed by atoms with van der Waals surface area (Å²) >= 11 is 1.29. The number of fused-ring (bicyclic) bond motifs is 1. The van der Waals surface area contributed by atoms with Crippen molar-refractivity contribution in [2.75, 3.05) is 13.1 Å². The van der Waals surface area contributed by atoms with Gasteiger partial charge < -0.3 is 10.6 Å². The summed E-state index contributed by atoms with van der Waals surface area (Å²) in [5.74, 6) is -0.962. The fraction of sp³-hybridized carbons (Fsp3) is 0.182. The highest BCUT2D eigenvalue weighted by atomic mass is 32.1. The second-order valence-electron chi connectivity index (χ2n) is 7.48. The number of benzene rings is 1. The molecule has 2 amide bonds. The molecule has 0 saturated carbocycles. The minimum absolute atomic E-state index is 0.00360. The lowest BCUT2D eigenvalue weighted by atomic mass is 9.95. The van der Waals surface area contributed by atoms with Gasteiger partial charge in [-0.1, -0.05) is 6.07 Å². The van der Waals surface area contributed by atoms with Gasteiger partial charge in [0.1, 0.15) is 16.3 Å². The first kappa shape index (κ1) is 19.4. The Balaban J connectivity index is 1.39. The third-order valence-corrected chi connectivity index (χ3v) is 6.70. The average Bonchev–Trinajstić information content (AvgIpc) is 3.51. The van der Waals surface area contributed by atoms with E-state index in [1.807, 2.05) is 12.1 Å². The van der Waals surface area contributed by atoms with E-state index in [1.54, 1.807) is 29.3 Å². The van der Waals surface area contributed by atoms with E-state index >= 15 is 0 Å². The van der Waals surface area contributed by atoms with E-state index in [0.29, 0.717) is 29.4 Å². The first-order chi connectivity index (χ1) is 15.0. The van der Waals surface area contributed by atoms with E-state index in [2.05, 4.69) is 15.2 Å². The molecule has 0 aliphatic carbocycles. The monoisotopic (exact) mass is 435 g/mol. The maximum Gasteiger partial charge on any atom is 0.271 e. The van der Waals surface area contributed by atoms with E-state index in [-0.39, 0.29) is 17.6 Å². The van der Waals surface area contributed by atoms with E-state index in [9.17, 15) is 14.0 Å². The molecule has 1 aromatic carbocycles. The first-order valence-electron chi connectivity index (χ1n) is 9.79. The van der Waals surface area contributed by atoms with Crippen LogP contribution in [-0.4, -0.2) is 45.0 Å². The van der Waals surface area contributed by atoms with Crippen LogP contribution < -0.4 is 5.73 Å². The minimum Gasteiger partial charge on any atom is -0.365 e. The molecule has 1 aliphatic heterocycles. The third kappa shape index (κ3) is 3.46. The Bertz CT molecular complexity index is 1300. The summed E-state index contributed by atoms with van der Waals surface area (Å²) in [5.41, 5.74) is 8.17. The summed E-state index contributed by atoms with van der Waals surface area (Å²) in [5, 5.41) is 7.90. The summed E-state index contributed by atoms with van der Waals surface area (Å²) in [4.78, 5) is 32.4. The molecule has 0 bridgehead atoms. The summed E-state index contributed by atoms with van der Waals surface area (Å²) in [6.07, 6.45) is 2.42. The van der Waals surface area contributed by atoms with Crippen molar-refractivity contribution in [2.24, 2.45) is 5.73 Å². The number of aromatic amines is 1.